The summed E-state index contributed by atoms with van der Waals surface area (Å²) in [5.74, 6) is 0.530. The molecule has 0 spiro atoms. The number of allylic oxidation sites excluding steroid dienone is 1. The average molecular weight is 157 g/mol. The molecule has 0 amide bonds. The Morgan fingerprint density at radius 1 is 1.45 bits per heavy atom. The molecule has 0 aromatic carbocycles. The van der Waals surface area contributed by atoms with Crippen LogP contribution < -0.4 is 0 Å². The molecule has 0 N–H and O–H groups in total. The molecular weight excluding hydrogens is 141 g/mol. The molecule has 0 saturated heterocycles. The lowest BCUT2D eigenvalue weighted by molar-refractivity contribution is 0.461. The molecule has 0 bridgehead atoms. The zero-order valence-electron chi connectivity index (χ0n) is 7.42. The van der Waals surface area contributed by atoms with E-state index < -0.39 is 6.17 Å². The quantitative estimate of drug-likeness (QED) is 0.556. The first-order valence-corrected chi connectivity index (χ1v) is 4.00. The van der Waals surface area contributed by atoms with E-state index >= 15 is 0 Å². The second-order valence-corrected chi connectivity index (χ2v) is 2.70. The monoisotopic (exact) mass is 157 g/mol. The van der Waals surface area contributed by atoms with Gasteiger partial charge in [0.05, 0.1) is 0 Å². The minimum atomic E-state index is -0.948. The maximum atomic E-state index is 12.1. The van der Waals surface area contributed by atoms with E-state index in [2.05, 4.69) is 18.8 Å². The summed E-state index contributed by atoms with van der Waals surface area (Å²) < 4.78 is 12.1. The summed E-state index contributed by atoms with van der Waals surface area (Å²) >= 11 is 0. The lowest BCUT2D eigenvalue weighted by Gasteiger charge is -1.96. The van der Waals surface area contributed by atoms with Crippen LogP contribution in [0.15, 0.2) is 17.3 Å². The fourth-order valence-corrected chi connectivity index (χ4v) is 0.501. The Balaban J connectivity index is 3.59. The molecule has 0 radical (unpaired) electrons. The molecule has 0 aromatic rings. The Labute approximate surface area is 68.0 Å². The Bertz CT molecular complexity index is 138. The van der Waals surface area contributed by atoms with Crippen molar-refractivity contribution in [3.8, 4) is 0 Å². The lowest BCUT2D eigenvalue weighted by Crippen LogP contribution is -1.91. The van der Waals surface area contributed by atoms with Gasteiger partial charge in [0.15, 0.2) is 0 Å². The molecule has 1 nitrogen and oxygen atoms in total. The number of halogens is 1. The first-order chi connectivity index (χ1) is 5.16. The van der Waals surface area contributed by atoms with Crippen molar-refractivity contribution in [3.63, 3.8) is 0 Å². The van der Waals surface area contributed by atoms with Crippen LogP contribution in [0.4, 0.5) is 4.39 Å². The van der Waals surface area contributed by atoms with Crippen molar-refractivity contribution in [2.45, 2.75) is 33.4 Å². The van der Waals surface area contributed by atoms with Gasteiger partial charge in [-0.25, -0.2) is 4.39 Å². The highest BCUT2D eigenvalue weighted by Gasteiger charge is 1.89. The van der Waals surface area contributed by atoms with E-state index in [1.54, 1.807) is 6.20 Å². The Morgan fingerprint density at radius 2 is 2.09 bits per heavy atom. The SMILES string of the molecule is CC[C@@H](C)/C=C\N=CC(C)F. The molecule has 1 unspecified atom stereocenters. The van der Waals surface area contributed by atoms with Gasteiger partial charge in [0, 0.05) is 12.4 Å². The number of hydrogen-bond donors (Lipinski definition) is 0. The normalized spacial score (nSPS) is 17.8. The van der Waals surface area contributed by atoms with Crippen LogP contribution in [0, 0.1) is 5.92 Å². The molecule has 0 aliphatic rings. The molecule has 11 heavy (non-hydrogen) atoms. The van der Waals surface area contributed by atoms with Crippen LogP contribution in [0.25, 0.3) is 0 Å². The standard InChI is InChI=1S/C9H16FN/c1-4-8(2)5-6-11-7-9(3)10/h5-9H,4H2,1-3H3/b6-5-,11-7?/t8-,9?/m1/s1. The highest BCUT2D eigenvalue weighted by atomic mass is 19.1. The Hall–Kier alpha value is -0.660. The first kappa shape index (κ1) is 10.3. The molecule has 0 aromatic heterocycles. The van der Waals surface area contributed by atoms with Crippen LogP contribution in [0.3, 0.4) is 0 Å². The van der Waals surface area contributed by atoms with Gasteiger partial charge in [-0.05, 0) is 12.8 Å². The predicted octanol–water partition coefficient (Wildman–Crippen LogP) is 2.98. The lowest BCUT2D eigenvalue weighted by atomic mass is 10.1. The van der Waals surface area contributed by atoms with Gasteiger partial charge in [-0.3, -0.25) is 4.99 Å². The van der Waals surface area contributed by atoms with Gasteiger partial charge in [-0.1, -0.05) is 26.3 Å². The third-order valence-electron chi connectivity index (χ3n) is 1.44. The molecular formula is C9H16FN. The molecule has 2 heteroatoms. The van der Waals surface area contributed by atoms with Crippen molar-refractivity contribution < 1.29 is 4.39 Å². The molecule has 2 atom stereocenters. The second kappa shape index (κ2) is 6.08. The van der Waals surface area contributed by atoms with Gasteiger partial charge in [0.1, 0.15) is 6.17 Å². The molecule has 0 aliphatic heterocycles. The smallest absolute Gasteiger partial charge is 0.132 e. The molecule has 0 heterocycles. The largest absolute Gasteiger partial charge is 0.266 e. The topological polar surface area (TPSA) is 12.4 Å². The number of rotatable bonds is 4. The molecule has 0 rings (SSSR count). The van der Waals surface area contributed by atoms with Crippen molar-refractivity contribution in [2.75, 3.05) is 0 Å². The van der Waals surface area contributed by atoms with E-state index in [1.807, 2.05) is 6.08 Å². The van der Waals surface area contributed by atoms with Crippen LogP contribution in [0.1, 0.15) is 27.2 Å². The summed E-state index contributed by atoms with van der Waals surface area (Å²) in [7, 11) is 0. The summed E-state index contributed by atoms with van der Waals surface area (Å²) in [5.41, 5.74) is 0. The van der Waals surface area contributed by atoms with Gasteiger partial charge in [-0.15, -0.1) is 0 Å². The van der Waals surface area contributed by atoms with E-state index in [-0.39, 0.29) is 0 Å². The molecule has 64 valence electrons. The average Bonchev–Trinajstić information content (AvgIpc) is 1.97. The van der Waals surface area contributed by atoms with Gasteiger partial charge in [-0.2, -0.15) is 0 Å². The highest BCUT2D eigenvalue weighted by Crippen LogP contribution is 2.01. The van der Waals surface area contributed by atoms with E-state index in [1.165, 1.54) is 13.1 Å². The fraction of sp³-hybridized carbons (Fsp3) is 0.667. The maximum absolute atomic E-state index is 12.1. The fourth-order valence-electron chi connectivity index (χ4n) is 0.501. The Kier molecular flexibility index (Phi) is 5.71. The van der Waals surface area contributed by atoms with Crippen molar-refractivity contribution >= 4 is 6.21 Å². The summed E-state index contributed by atoms with van der Waals surface area (Å²) in [6.07, 6.45) is 5.07. The van der Waals surface area contributed by atoms with Crippen molar-refractivity contribution in [3.05, 3.63) is 12.3 Å². The highest BCUT2D eigenvalue weighted by molar-refractivity contribution is 5.62. The second-order valence-electron chi connectivity index (χ2n) is 2.70. The van der Waals surface area contributed by atoms with E-state index in [4.69, 9.17) is 0 Å². The first-order valence-electron chi connectivity index (χ1n) is 4.00. The van der Waals surface area contributed by atoms with Crippen molar-refractivity contribution in [1.29, 1.82) is 0 Å². The van der Waals surface area contributed by atoms with Gasteiger partial charge >= 0.3 is 0 Å². The minimum absolute atomic E-state index is 0.530. The predicted molar refractivity (Wildman–Crippen MR) is 47.7 cm³/mol. The van der Waals surface area contributed by atoms with E-state index in [0.29, 0.717) is 5.92 Å². The van der Waals surface area contributed by atoms with E-state index in [9.17, 15) is 4.39 Å². The summed E-state index contributed by atoms with van der Waals surface area (Å²) in [6, 6.07) is 0. The van der Waals surface area contributed by atoms with Gasteiger partial charge in [0.2, 0.25) is 0 Å². The van der Waals surface area contributed by atoms with Crippen LogP contribution in [-0.2, 0) is 0 Å². The number of aliphatic imine (C=N–C) groups is 1. The van der Waals surface area contributed by atoms with Gasteiger partial charge < -0.3 is 0 Å². The van der Waals surface area contributed by atoms with Crippen LogP contribution >= 0.6 is 0 Å². The maximum Gasteiger partial charge on any atom is 0.132 e. The molecule has 0 saturated carbocycles. The molecule has 0 aliphatic carbocycles. The summed E-state index contributed by atoms with van der Waals surface area (Å²) in [5, 5.41) is 0. The number of hydrogen-bond acceptors (Lipinski definition) is 1. The van der Waals surface area contributed by atoms with Crippen molar-refractivity contribution in [1.82, 2.24) is 0 Å². The Morgan fingerprint density at radius 3 is 2.55 bits per heavy atom. The summed E-state index contributed by atoms with van der Waals surface area (Å²) in [6.45, 7) is 5.67. The van der Waals surface area contributed by atoms with Crippen LogP contribution in [0.5, 0.6) is 0 Å². The van der Waals surface area contributed by atoms with Gasteiger partial charge in [0.25, 0.3) is 0 Å². The van der Waals surface area contributed by atoms with E-state index in [0.717, 1.165) is 6.42 Å². The molecule has 0 fully saturated rings. The minimum Gasteiger partial charge on any atom is -0.266 e. The van der Waals surface area contributed by atoms with Crippen LogP contribution in [-0.4, -0.2) is 12.4 Å². The zero-order valence-corrected chi connectivity index (χ0v) is 7.42. The zero-order chi connectivity index (χ0) is 8.69. The summed E-state index contributed by atoms with van der Waals surface area (Å²) in [4.78, 5) is 3.78. The van der Waals surface area contributed by atoms with Crippen molar-refractivity contribution in [2.24, 2.45) is 10.9 Å². The van der Waals surface area contributed by atoms with Crippen LogP contribution in [0.2, 0.25) is 0 Å². The third-order valence-corrected chi connectivity index (χ3v) is 1.44. The number of alkyl halides is 1. The number of nitrogens with zero attached hydrogens (tertiary/aromatic N) is 1. The third kappa shape index (κ3) is 7.23.